The summed E-state index contributed by atoms with van der Waals surface area (Å²) in [5.41, 5.74) is 1.27. The van der Waals surface area contributed by atoms with Crippen LogP contribution in [0.3, 0.4) is 0 Å². The van der Waals surface area contributed by atoms with E-state index in [-0.39, 0.29) is 36.5 Å². The molecule has 8 nitrogen and oxygen atoms in total. The highest BCUT2D eigenvalue weighted by Gasteiger charge is 2.22. The Labute approximate surface area is 177 Å². The second-order valence-corrected chi connectivity index (χ2v) is 8.10. The van der Waals surface area contributed by atoms with Gasteiger partial charge >= 0.3 is 0 Å². The molecule has 3 amide bonds. The third-order valence-corrected chi connectivity index (χ3v) is 5.39. The molecule has 0 bridgehead atoms. The topological polar surface area (TPSA) is 91.0 Å². The first kappa shape index (κ1) is 22.2. The molecule has 2 N–H and O–H groups in total. The zero-order valence-electron chi connectivity index (χ0n) is 17.9. The van der Waals surface area contributed by atoms with Crippen LogP contribution in [0.15, 0.2) is 24.3 Å². The maximum absolute atomic E-state index is 12.3. The zero-order chi connectivity index (χ0) is 21.5. The predicted octanol–water partition coefficient (Wildman–Crippen LogP) is 1.16. The Morgan fingerprint density at radius 3 is 2.43 bits per heavy atom. The van der Waals surface area contributed by atoms with Gasteiger partial charge in [-0.05, 0) is 51.0 Å². The molecule has 0 radical (unpaired) electrons. The lowest BCUT2D eigenvalue weighted by Gasteiger charge is -2.35. The van der Waals surface area contributed by atoms with Gasteiger partial charge in [0.1, 0.15) is 0 Å². The van der Waals surface area contributed by atoms with Crippen molar-refractivity contribution in [2.24, 2.45) is 0 Å². The van der Waals surface area contributed by atoms with Gasteiger partial charge < -0.3 is 20.3 Å². The molecule has 0 spiro atoms. The minimum Gasteiger partial charge on any atom is -0.373 e. The molecule has 2 saturated heterocycles. The van der Waals surface area contributed by atoms with Gasteiger partial charge in [-0.25, -0.2) is 0 Å². The molecule has 2 atom stereocenters. The van der Waals surface area contributed by atoms with E-state index in [0.717, 1.165) is 38.2 Å². The lowest BCUT2D eigenvalue weighted by atomic mass is 10.2. The first-order chi connectivity index (χ1) is 14.4. The van der Waals surface area contributed by atoms with Crippen LogP contribution in [0, 0.1) is 0 Å². The van der Waals surface area contributed by atoms with E-state index in [1.54, 1.807) is 29.2 Å². The Kier molecular flexibility index (Phi) is 7.81. The van der Waals surface area contributed by atoms with Crippen LogP contribution in [-0.2, 0) is 14.3 Å². The van der Waals surface area contributed by atoms with E-state index in [9.17, 15) is 14.4 Å². The number of nitrogens with zero attached hydrogens (tertiary/aromatic N) is 2. The van der Waals surface area contributed by atoms with Gasteiger partial charge in [0, 0.05) is 50.4 Å². The average Bonchev–Trinajstić information content (AvgIpc) is 3.14. The van der Waals surface area contributed by atoms with Gasteiger partial charge in [-0.3, -0.25) is 19.3 Å². The van der Waals surface area contributed by atoms with E-state index in [1.165, 1.54) is 0 Å². The van der Waals surface area contributed by atoms with Crippen LogP contribution >= 0.6 is 0 Å². The summed E-state index contributed by atoms with van der Waals surface area (Å²) in [4.78, 5) is 40.1. The Bertz CT molecular complexity index is 742. The van der Waals surface area contributed by atoms with Crippen molar-refractivity contribution in [1.82, 2.24) is 15.5 Å². The summed E-state index contributed by atoms with van der Waals surface area (Å²) in [5, 5.41) is 5.49. The number of morpholine rings is 1. The number of ether oxygens (including phenoxy) is 1. The summed E-state index contributed by atoms with van der Waals surface area (Å²) >= 11 is 0. The van der Waals surface area contributed by atoms with Gasteiger partial charge in [-0.2, -0.15) is 0 Å². The van der Waals surface area contributed by atoms with Crippen molar-refractivity contribution in [3.63, 3.8) is 0 Å². The number of benzene rings is 1. The fourth-order valence-electron chi connectivity index (χ4n) is 4.04. The number of anilines is 1. The minimum absolute atomic E-state index is 0.0587. The van der Waals surface area contributed by atoms with Gasteiger partial charge in [0.25, 0.3) is 5.91 Å². The molecule has 2 fully saturated rings. The number of carbonyl (C=O) groups is 3. The normalized spacial score (nSPS) is 22.2. The molecule has 2 aliphatic rings. The van der Waals surface area contributed by atoms with Crippen LogP contribution in [0.2, 0.25) is 0 Å². The molecular weight excluding hydrogens is 384 g/mol. The minimum atomic E-state index is -0.305. The van der Waals surface area contributed by atoms with Gasteiger partial charge in [-0.15, -0.1) is 0 Å². The van der Waals surface area contributed by atoms with Crippen LogP contribution in [0.1, 0.15) is 43.5 Å². The van der Waals surface area contributed by atoms with Crippen molar-refractivity contribution < 1.29 is 19.1 Å². The average molecular weight is 417 g/mol. The molecule has 1 aromatic carbocycles. The van der Waals surface area contributed by atoms with Crippen LogP contribution in [-0.4, -0.2) is 74.1 Å². The number of nitrogens with one attached hydrogen (secondary N) is 2. The number of amides is 3. The SMILES string of the molecule is CC1CN(CCCNC(=O)CNC(=O)c2ccc(N3CCCC3=O)cc2)CC(C)O1. The predicted molar refractivity (Wildman–Crippen MR) is 114 cm³/mol. The van der Waals surface area contributed by atoms with Crippen molar-refractivity contribution in [2.45, 2.75) is 45.3 Å². The summed E-state index contributed by atoms with van der Waals surface area (Å²) in [6.45, 7) is 8.13. The number of carbonyl (C=O) groups excluding carboxylic acids is 3. The van der Waals surface area contributed by atoms with Crippen molar-refractivity contribution in [2.75, 3.05) is 44.2 Å². The number of rotatable bonds is 8. The monoisotopic (exact) mass is 416 g/mol. The van der Waals surface area contributed by atoms with Crippen molar-refractivity contribution in [1.29, 1.82) is 0 Å². The van der Waals surface area contributed by atoms with E-state index in [4.69, 9.17) is 4.74 Å². The molecule has 2 unspecified atom stereocenters. The highest BCUT2D eigenvalue weighted by atomic mass is 16.5. The summed E-state index contributed by atoms with van der Waals surface area (Å²) in [5.74, 6) is -0.395. The molecule has 164 valence electrons. The van der Waals surface area contributed by atoms with Gasteiger partial charge in [-0.1, -0.05) is 0 Å². The smallest absolute Gasteiger partial charge is 0.251 e. The summed E-state index contributed by atoms with van der Waals surface area (Å²) in [6.07, 6.45) is 2.77. The first-order valence-corrected chi connectivity index (χ1v) is 10.8. The molecule has 0 aliphatic carbocycles. The number of hydrogen-bond acceptors (Lipinski definition) is 5. The first-order valence-electron chi connectivity index (χ1n) is 10.8. The second-order valence-electron chi connectivity index (χ2n) is 8.10. The lowest BCUT2D eigenvalue weighted by molar-refractivity contribution is -0.120. The second kappa shape index (κ2) is 10.5. The molecule has 1 aromatic rings. The van der Waals surface area contributed by atoms with E-state index in [2.05, 4.69) is 29.4 Å². The van der Waals surface area contributed by atoms with Gasteiger partial charge in [0.2, 0.25) is 11.8 Å². The van der Waals surface area contributed by atoms with Crippen molar-refractivity contribution >= 4 is 23.4 Å². The van der Waals surface area contributed by atoms with E-state index >= 15 is 0 Å². The Morgan fingerprint density at radius 2 is 1.80 bits per heavy atom. The largest absolute Gasteiger partial charge is 0.373 e. The quantitative estimate of drug-likeness (QED) is 0.621. The van der Waals surface area contributed by atoms with E-state index in [1.807, 2.05) is 0 Å². The van der Waals surface area contributed by atoms with Gasteiger partial charge in [0.15, 0.2) is 0 Å². The molecule has 30 heavy (non-hydrogen) atoms. The van der Waals surface area contributed by atoms with Crippen molar-refractivity contribution in [3.05, 3.63) is 29.8 Å². The third kappa shape index (κ3) is 6.27. The van der Waals surface area contributed by atoms with Crippen LogP contribution in [0.5, 0.6) is 0 Å². The lowest BCUT2D eigenvalue weighted by Crippen LogP contribution is -2.46. The zero-order valence-corrected chi connectivity index (χ0v) is 17.9. The summed E-state index contributed by atoms with van der Waals surface area (Å²) < 4.78 is 5.72. The number of hydrogen-bond donors (Lipinski definition) is 2. The van der Waals surface area contributed by atoms with Crippen LogP contribution < -0.4 is 15.5 Å². The fraction of sp³-hybridized carbons (Fsp3) is 0.591. The molecular formula is C22H32N4O4. The highest BCUT2D eigenvalue weighted by molar-refractivity contribution is 5.98. The highest BCUT2D eigenvalue weighted by Crippen LogP contribution is 2.21. The molecule has 2 heterocycles. The third-order valence-electron chi connectivity index (χ3n) is 5.39. The Balaban J connectivity index is 1.33. The molecule has 0 aromatic heterocycles. The maximum Gasteiger partial charge on any atom is 0.251 e. The molecule has 2 aliphatic heterocycles. The van der Waals surface area contributed by atoms with Crippen LogP contribution in [0.4, 0.5) is 5.69 Å². The Morgan fingerprint density at radius 1 is 1.10 bits per heavy atom. The van der Waals surface area contributed by atoms with Gasteiger partial charge in [0.05, 0.1) is 18.8 Å². The summed E-state index contributed by atoms with van der Waals surface area (Å²) in [6, 6.07) is 6.90. The molecule has 3 rings (SSSR count). The standard InChI is InChI=1S/C22H32N4O4/c1-16-14-25(15-17(2)30-16)11-4-10-23-20(27)13-24-22(29)18-6-8-19(9-7-18)26-12-3-5-21(26)28/h6-9,16-17H,3-5,10-15H2,1-2H3,(H,23,27)(H,24,29). The van der Waals surface area contributed by atoms with Crippen LogP contribution in [0.25, 0.3) is 0 Å². The Hall–Kier alpha value is -2.45. The van der Waals surface area contributed by atoms with E-state index in [0.29, 0.717) is 25.1 Å². The summed E-state index contributed by atoms with van der Waals surface area (Å²) in [7, 11) is 0. The maximum atomic E-state index is 12.3. The fourth-order valence-corrected chi connectivity index (χ4v) is 4.04. The molecule has 8 heteroatoms. The van der Waals surface area contributed by atoms with E-state index < -0.39 is 0 Å². The van der Waals surface area contributed by atoms with Crippen molar-refractivity contribution in [3.8, 4) is 0 Å². The molecule has 0 saturated carbocycles.